The van der Waals surface area contributed by atoms with Crippen molar-refractivity contribution in [2.24, 2.45) is 0 Å². The van der Waals surface area contributed by atoms with Gasteiger partial charge in [0, 0.05) is 12.6 Å². The number of furan rings is 1. The van der Waals surface area contributed by atoms with Crippen LogP contribution in [0.3, 0.4) is 0 Å². The molecule has 5 nitrogen and oxygen atoms in total. The molecule has 1 heterocycles. The number of hydrogen-bond acceptors (Lipinski definition) is 4. The first-order chi connectivity index (χ1) is 8.05. The van der Waals surface area contributed by atoms with E-state index in [9.17, 15) is 8.42 Å². The third-order valence-electron chi connectivity index (χ3n) is 2.64. The zero-order chi connectivity index (χ0) is 12.3. The average Bonchev–Trinajstić information content (AvgIpc) is 2.98. The lowest BCUT2D eigenvalue weighted by molar-refractivity contribution is 0.475. The summed E-state index contributed by atoms with van der Waals surface area (Å²) in [4.78, 5) is 0. The van der Waals surface area contributed by atoms with Gasteiger partial charge in [-0.15, -0.1) is 0 Å². The molecule has 0 radical (unpaired) electrons. The van der Waals surface area contributed by atoms with Crippen LogP contribution in [0.5, 0.6) is 0 Å². The van der Waals surface area contributed by atoms with Gasteiger partial charge < -0.3 is 9.73 Å². The highest BCUT2D eigenvalue weighted by atomic mass is 32.2. The van der Waals surface area contributed by atoms with Gasteiger partial charge in [-0.25, -0.2) is 13.1 Å². The van der Waals surface area contributed by atoms with Gasteiger partial charge in [-0.1, -0.05) is 0 Å². The summed E-state index contributed by atoms with van der Waals surface area (Å²) in [6, 6.07) is 4.14. The highest BCUT2D eigenvalue weighted by molar-refractivity contribution is 7.89. The fraction of sp³-hybridized carbons (Fsp3) is 0.636. The lowest BCUT2D eigenvalue weighted by Gasteiger charge is -2.05. The topological polar surface area (TPSA) is 71.3 Å². The molecule has 1 aliphatic rings. The monoisotopic (exact) mass is 258 g/mol. The van der Waals surface area contributed by atoms with E-state index in [1.165, 1.54) is 12.8 Å². The summed E-state index contributed by atoms with van der Waals surface area (Å²) < 4.78 is 31.0. The van der Waals surface area contributed by atoms with E-state index in [1.807, 2.05) is 13.0 Å². The van der Waals surface area contributed by atoms with Gasteiger partial charge in [-0.2, -0.15) is 0 Å². The lowest BCUT2D eigenvalue weighted by atomic mass is 10.4. The second-order valence-electron chi connectivity index (χ2n) is 4.38. The Hall–Kier alpha value is -0.850. The Bertz CT molecular complexity index is 463. The van der Waals surface area contributed by atoms with Crippen molar-refractivity contribution in [2.75, 3.05) is 12.3 Å². The maximum atomic E-state index is 11.6. The summed E-state index contributed by atoms with van der Waals surface area (Å²) in [5, 5.41) is 3.17. The van der Waals surface area contributed by atoms with Gasteiger partial charge in [-0.3, -0.25) is 0 Å². The molecule has 6 heteroatoms. The normalized spacial score (nSPS) is 16.3. The molecule has 2 rings (SSSR count). The first-order valence-electron chi connectivity index (χ1n) is 5.81. The zero-order valence-electron chi connectivity index (χ0n) is 9.90. The molecule has 96 valence electrons. The molecule has 2 N–H and O–H groups in total. The predicted molar refractivity (Wildman–Crippen MR) is 65.1 cm³/mol. The van der Waals surface area contributed by atoms with Gasteiger partial charge >= 0.3 is 0 Å². The maximum Gasteiger partial charge on any atom is 0.213 e. The fourth-order valence-corrected chi connectivity index (χ4v) is 2.41. The molecule has 1 aromatic heterocycles. The minimum absolute atomic E-state index is 0.114. The van der Waals surface area contributed by atoms with E-state index in [0.29, 0.717) is 18.3 Å². The SMILES string of the molecule is Cc1ccc(CNS(=O)(=O)CCNC2CC2)o1. The predicted octanol–water partition coefficient (Wildman–Crippen LogP) is 0.759. The second-order valence-corrected chi connectivity index (χ2v) is 6.31. The molecule has 17 heavy (non-hydrogen) atoms. The lowest BCUT2D eigenvalue weighted by Crippen LogP contribution is -2.32. The molecule has 1 aromatic rings. The van der Waals surface area contributed by atoms with Crippen LogP contribution in [0, 0.1) is 6.92 Å². The Balaban J connectivity index is 1.72. The number of aryl methyl sites for hydroxylation is 1. The van der Waals surface area contributed by atoms with Crippen LogP contribution in [-0.4, -0.2) is 26.8 Å². The smallest absolute Gasteiger partial charge is 0.213 e. The summed E-state index contributed by atoms with van der Waals surface area (Å²) >= 11 is 0. The van der Waals surface area contributed by atoms with E-state index in [-0.39, 0.29) is 12.3 Å². The molecule has 0 atom stereocenters. The van der Waals surface area contributed by atoms with Crippen LogP contribution in [0.2, 0.25) is 0 Å². The van der Waals surface area contributed by atoms with E-state index in [1.54, 1.807) is 6.07 Å². The van der Waals surface area contributed by atoms with E-state index >= 15 is 0 Å². The minimum atomic E-state index is -3.21. The van der Waals surface area contributed by atoms with Crippen LogP contribution in [0.4, 0.5) is 0 Å². The van der Waals surface area contributed by atoms with Crippen molar-refractivity contribution < 1.29 is 12.8 Å². The minimum Gasteiger partial charge on any atom is -0.465 e. The third kappa shape index (κ3) is 4.49. The van der Waals surface area contributed by atoms with Crippen LogP contribution in [-0.2, 0) is 16.6 Å². The molecule has 1 aliphatic carbocycles. The van der Waals surface area contributed by atoms with Gasteiger partial charge in [-0.05, 0) is 31.9 Å². The molecule has 0 bridgehead atoms. The van der Waals surface area contributed by atoms with Crippen LogP contribution in [0.1, 0.15) is 24.4 Å². The number of rotatable bonds is 7. The van der Waals surface area contributed by atoms with Crippen molar-refractivity contribution in [1.29, 1.82) is 0 Å². The molecule has 1 fully saturated rings. The molecule has 0 saturated heterocycles. The van der Waals surface area contributed by atoms with Crippen LogP contribution in [0.25, 0.3) is 0 Å². The van der Waals surface area contributed by atoms with Crippen molar-refractivity contribution in [1.82, 2.24) is 10.0 Å². The van der Waals surface area contributed by atoms with Gasteiger partial charge in [0.15, 0.2) is 0 Å². The molecule has 0 aliphatic heterocycles. The van der Waals surface area contributed by atoms with Gasteiger partial charge in [0.25, 0.3) is 0 Å². The Morgan fingerprint density at radius 2 is 2.18 bits per heavy atom. The van der Waals surface area contributed by atoms with E-state index in [2.05, 4.69) is 10.0 Å². The Labute approximate surface area is 102 Å². The number of hydrogen-bond donors (Lipinski definition) is 2. The van der Waals surface area contributed by atoms with Crippen molar-refractivity contribution in [3.05, 3.63) is 23.7 Å². The van der Waals surface area contributed by atoms with Crippen molar-refractivity contribution in [3.8, 4) is 0 Å². The molecule has 0 amide bonds. The molecule has 0 aromatic carbocycles. The Morgan fingerprint density at radius 3 is 2.76 bits per heavy atom. The molecule has 0 spiro atoms. The molecular formula is C11H18N2O3S. The first kappa shape index (κ1) is 12.6. The summed E-state index contributed by atoms with van der Waals surface area (Å²) in [6.07, 6.45) is 2.33. The van der Waals surface area contributed by atoms with Crippen molar-refractivity contribution in [2.45, 2.75) is 32.4 Å². The number of nitrogens with one attached hydrogen (secondary N) is 2. The van der Waals surface area contributed by atoms with Crippen LogP contribution >= 0.6 is 0 Å². The van der Waals surface area contributed by atoms with Gasteiger partial charge in [0.05, 0.1) is 12.3 Å². The van der Waals surface area contributed by atoms with Crippen molar-refractivity contribution >= 4 is 10.0 Å². The molecule has 0 unspecified atom stereocenters. The summed E-state index contributed by atoms with van der Waals surface area (Å²) in [5.41, 5.74) is 0. The fourth-order valence-electron chi connectivity index (χ4n) is 1.52. The number of sulfonamides is 1. The van der Waals surface area contributed by atoms with E-state index in [4.69, 9.17) is 4.42 Å². The van der Waals surface area contributed by atoms with Gasteiger partial charge in [0.1, 0.15) is 11.5 Å². The summed E-state index contributed by atoms with van der Waals surface area (Å²) in [6.45, 7) is 2.56. The quantitative estimate of drug-likeness (QED) is 0.757. The van der Waals surface area contributed by atoms with Crippen LogP contribution in [0.15, 0.2) is 16.5 Å². The average molecular weight is 258 g/mol. The van der Waals surface area contributed by atoms with E-state index < -0.39 is 10.0 Å². The van der Waals surface area contributed by atoms with E-state index in [0.717, 1.165) is 5.76 Å². The molecule has 1 saturated carbocycles. The Morgan fingerprint density at radius 1 is 1.41 bits per heavy atom. The van der Waals surface area contributed by atoms with Crippen LogP contribution < -0.4 is 10.0 Å². The van der Waals surface area contributed by atoms with Gasteiger partial charge in [0.2, 0.25) is 10.0 Å². The standard InChI is InChI=1S/C11H18N2O3S/c1-9-2-5-11(16-9)8-13-17(14,15)7-6-12-10-3-4-10/h2,5,10,12-13H,3-4,6-8H2,1H3. The van der Waals surface area contributed by atoms with Crippen molar-refractivity contribution in [3.63, 3.8) is 0 Å². The largest absolute Gasteiger partial charge is 0.465 e. The Kier molecular flexibility index (Phi) is 3.86. The summed E-state index contributed by atoms with van der Waals surface area (Å²) in [5.74, 6) is 1.54. The maximum absolute atomic E-state index is 11.6. The third-order valence-corrected chi connectivity index (χ3v) is 3.97. The first-order valence-corrected chi connectivity index (χ1v) is 7.46. The second kappa shape index (κ2) is 5.20. The zero-order valence-corrected chi connectivity index (χ0v) is 10.7. The highest BCUT2D eigenvalue weighted by Gasteiger charge is 2.21. The molecular weight excluding hydrogens is 240 g/mol. The highest BCUT2D eigenvalue weighted by Crippen LogP contribution is 2.18. The summed E-state index contributed by atoms with van der Waals surface area (Å²) in [7, 11) is -3.21.